The van der Waals surface area contributed by atoms with Crippen molar-refractivity contribution in [2.75, 3.05) is 39.4 Å². The van der Waals surface area contributed by atoms with Crippen molar-refractivity contribution in [3.05, 3.63) is 33.8 Å². The third kappa shape index (κ3) is 3.57. The van der Waals surface area contributed by atoms with Crippen LogP contribution in [0.3, 0.4) is 0 Å². The molecule has 4 nitrogen and oxygen atoms in total. The standard InChI is InChI=1S/C16H20Cl2N2O2/c17-14-3-2-12(10-15(14)18)16(21)20-6-1-5-19(7-8-20)13-4-9-22-11-13/h2-3,10,13H,1,4-9,11H2. The van der Waals surface area contributed by atoms with E-state index in [1.165, 1.54) is 0 Å². The predicted octanol–water partition coefficient (Wildman–Crippen LogP) is 2.93. The quantitative estimate of drug-likeness (QED) is 0.828. The lowest BCUT2D eigenvalue weighted by Gasteiger charge is -2.26. The first-order valence-corrected chi connectivity index (χ1v) is 8.47. The van der Waals surface area contributed by atoms with Gasteiger partial charge in [0, 0.05) is 44.4 Å². The molecule has 2 saturated heterocycles. The number of benzene rings is 1. The van der Waals surface area contributed by atoms with E-state index in [0.29, 0.717) is 21.7 Å². The zero-order chi connectivity index (χ0) is 15.5. The number of ether oxygens (including phenoxy) is 1. The van der Waals surface area contributed by atoms with Crippen LogP contribution in [0.1, 0.15) is 23.2 Å². The van der Waals surface area contributed by atoms with Crippen molar-refractivity contribution in [1.29, 1.82) is 0 Å². The van der Waals surface area contributed by atoms with Gasteiger partial charge in [0.25, 0.3) is 5.91 Å². The smallest absolute Gasteiger partial charge is 0.253 e. The van der Waals surface area contributed by atoms with Gasteiger partial charge in [-0.25, -0.2) is 0 Å². The average Bonchev–Trinajstić information content (AvgIpc) is 2.94. The van der Waals surface area contributed by atoms with Gasteiger partial charge in [-0.2, -0.15) is 0 Å². The summed E-state index contributed by atoms with van der Waals surface area (Å²) in [5, 5.41) is 0.897. The van der Waals surface area contributed by atoms with Gasteiger partial charge in [0.15, 0.2) is 0 Å². The number of hydrogen-bond acceptors (Lipinski definition) is 3. The lowest BCUT2D eigenvalue weighted by atomic mass is 10.2. The van der Waals surface area contributed by atoms with Crippen molar-refractivity contribution in [3.8, 4) is 0 Å². The second-order valence-corrected chi connectivity index (χ2v) is 6.64. The van der Waals surface area contributed by atoms with Crippen LogP contribution in [-0.2, 0) is 4.74 Å². The first-order chi connectivity index (χ1) is 10.6. The molecule has 0 saturated carbocycles. The molecular formula is C16H20Cl2N2O2. The van der Waals surface area contributed by atoms with Crippen molar-refractivity contribution in [3.63, 3.8) is 0 Å². The van der Waals surface area contributed by atoms with Crippen molar-refractivity contribution < 1.29 is 9.53 Å². The maximum Gasteiger partial charge on any atom is 0.253 e. The number of hydrogen-bond donors (Lipinski definition) is 0. The molecule has 1 aromatic carbocycles. The summed E-state index contributed by atoms with van der Waals surface area (Å²) in [6.07, 6.45) is 2.09. The number of carbonyl (C=O) groups excluding carboxylic acids is 1. The lowest BCUT2D eigenvalue weighted by Crippen LogP contribution is -2.39. The second kappa shape index (κ2) is 7.18. The van der Waals surface area contributed by atoms with E-state index in [9.17, 15) is 4.79 Å². The molecule has 2 heterocycles. The fourth-order valence-corrected chi connectivity index (χ4v) is 3.43. The average molecular weight is 343 g/mol. The third-order valence-corrected chi connectivity index (χ3v) is 5.15. The molecule has 6 heteroatoms. The van der Waals surface area contributed by atoms with Gasteiger partial charge < -0.3 is 9.64 Å². The fourth-order valence-electron chi connectivity index (χ4n) is 3.13. The molecule has 0 aliphatic carbocycles. The molecule has 2 aliphatic rings. The van der Waals surface area contributed by atoms with E-state index in [0.717, 1.165) is 52.2 Å². The highest BCUT2D eigenvalue weighted by Gasteiger charge is 2.27. The Morgan fingerprint density at radius 2 is 2.00 bits per heavy atom. The van der Waals surface area contributed by atoms with Crippen LogP contribution in [0, 0.1) is 0 Å². The molecular weight excluding hydrogens is 323 g/mol. The summed E-state index contributed by atoms with van der Waals surface area (Å²) in [6.45, 7) is 5.13. The Hall–Kier alpha value is -0.810. The highest BCUT2D eigenvalue weighted by Crippen LogP contribution is 2.24. The molecule has 1 aromatic rings. The Morgan fingerprint density at radius 1 is 1.14 bits per heavy atom. The van der Waals surface area contributed by atoms with Gasteiger partial charge in [-0.3, -0.25) is 9.69 Å². The molecule has 1 amide bonds. The summed E-state index contributed by atoms with van der Waals surface area (Å²) in [6, 6.07) is 5.58. The molecule has 0 aromatic heterocycles. The lowest BCUT2D eigenvalue weighted by molar-refractivity contribution is 0.0756. The molecule has 120 valence electrons. The van der Waals surface area contributed by atoms with Gasteiger partial charge in [-0.1, -0.05) is 23.2 Å². The minimum atomic E-state index is 0.0306. The van der Waals surface area contributed by atoms with Crippen LogP contribution in [0.2, 0.25) is 10.0 Å². The maximum absolute atomic E-state index is 12.6. The first-order valence-electron chi connectivity index (χ1n) is 7.71. The van der Waals surface area contributed by atoms with E-state index in [2.05, 4.69) is 4.90 Å². The number of carbonyl (C=O) groups is 1. The van der Waals surface area contributed by atoms with Crippen molar-refractivity contribution in [2.45, 2.75) is 18.9 Å². The Morgan fingerprint density at radius 3 is 2.73 bits per heavy atom. The summed E-state index contributed by atoms with van der Waals surface area (Å²) in [7, 11) is 0. The summed E-state index contributed by atoms with van der Waals surface area (Å²) >= 11 is 11.9. The van der Waals surface area contributed by atoms with Gasteiger partial charge >= 0.3 is 0 Å². The molecule has 3 rings (SSSR count). The molecule has 0 bridgehead atoms. The van der Waals surface area contributed by atoms with Gasteiger partial charge in [-0.05, 0) is 31.0 Å². The largest absolute Gasteiger partial charge is 0.380 e. The number of amides is 1. The zero-order valence-electron chi connectivity index (χ0n) is 12.4. The summed E-state index contributed by atoms with van der Waals surface area (Å²) in [5.41, 5.74) is 0.604. The molecule has 0 spiro atoms. The number of halogens is 2. The van der Waals surface area contributed by atoms with Crippen LogP contribution < -0.4 is 0 Å². The van der Waals surface area contributed by atoms with E-state index in [1.807, 2.05) is 4.90 Å². The van der Waals surface area contributed by atoms with Crippen LogP contribution in [0.4, 0.5) is 0 Å². The van der Waals surface area contributed by atoms with Crippen LogP contribution in [0.5, 0.6) is 0 Å². The Labute approximate surface area is 140 Å². The molecule has 1 unspecified atom stereocenters. The first kappa shape index (κ1) is 16.1. The van der Waals surface area contributed by atoms with Crippen molar-refractivity contribution in [1.82, 2.24) is 9.80 Å². The SMILES string of the molecule is O=C(c1ccc(Cl)c(Cl)c1)N1CCCN(C2CCOC2)CC1. The molecule has 2 aliphatic heterocycles. The Bertz CT molecular complexity index is 547. The summed E-state index contributed by atoms with van der Waals surface area (Å²) in [5.74, 6) is 0.0306. The molecule has 22 heavy (non-hydrogen) atoms. The molecule has 0 radical (unpaired) electrons. The normalized spacial score (nSPS) is 23.5. The minimum absolute atomic E-state index is 0.0306. The highest BCUT2D eigenvalue weighted by atomic mass is 35.5. The zero-order valence-corrected chi connectivity index (χ0v) is 13.9. The van der Waals surface area contributed by atoms with Gasteiger partial charge in [0.1, 0.15) is 0 Å². The van der Waals surface area contributed by atoms with Crippen LogP contribution >= 0.6 is 23.2 Å². The van der Waals surface area contributed by atoms with E-state index in [1.54, 1.807) is 18.2 Å². The predicted molar refractivity (Wildman–Crippen MR) is 87.8 cm³/mol. The monoisotopic (exact) mass is 342 g/mol. The highest BCUT2D eigenvalue weighted by molar-refractivity contribution is 6.42. The van der Waals surface area contributed by atoms with Crippen LogP contribution in [0.15, 0.2) is 18.2 Å². The molecule has 1 atom stereocenters. The second-order valence-electron chi connectivity index (χ2n) is 5.83. The number of nitrogens with zero attached hydrogens (tertiary/aromatic N) is 2. The third-order valence-electron chi connectivity index (χ3n) is 4.41. The Balaban J connectivity index is 1.64. The summed E-state index contributed by atoms with van der Waals surface area (Å²) < 4.78 is 5.47. The van der Waals surface area contributed by atoms with E-state index < -0.39 is 0 Å². The van der Waals surface area contributed by atoms with Gasteiger partial charge in [0.05, 0.1) is 16.7 Å². The number of rotatable bonds is 2. The summed E-state index contributed by atoms with van der Waals surface area (Å²) in [4.78, 5) is 17.0. The topological polar surface area (TPSA) is 32.8 Å². The molecule has 2 fully saturated rings. The fraction of sp³-hybridized carbons (Fsp3) is 0.562. The van der Waals surface area contributed by atoms with E-state index in [4.69, 9.17) is 27.9 Å². The van der Waals surface area contributed by atoms with Crippen molar-refractivity contribution in [2.24, 2.45) is 0 Å². The van der Waals surface area contributed by atoms with E-state index >= 15 is 0 Å². The van der Waals surface area contributed by atoms with Gasteiger partial charge in [0.2, 0.25) is 0 Å². The van der Waals surface area contributed by atoms with Crippen LogP contribution in [-0.4, -0.2) is 61.1 Å². The van der Waals surface area contributed by atoms with Crippen LogP contribution in [0.25, 0.3) is 0 Å². The Kier molecular flexibility index (Phi) is 5.24. The van der Waals surface area contributed by atoms with E-state index in [-0.39, 0.29) is 5.91 Å². The van der Waals surface area contributed by atoms with Gasteiger partial charge in [-0.15, -0.1) is 0 Å². The minimum Gasteiger partial charge on any atom is -0.380 e. The molecule has 0 N–H and O–H groups in total. The maximum atomic E-state index is 12.6. The van der Waals surface area contributed by atoms with Crippen molar-refractivity contribution >= 4 is 29.1 Å².